The van der Waals surface area contributed by atoms with Crippen LogP contribution >= 0.6 is 0 Å². The number of piperidine rings is 1. The second-order valence-corrected chi connectivity index (χ2v) is 11.0. The van der Waals surface area contributed by atoms with Gasteiger partial charge in [0.05, 0.1) is 14.7 Å². The van der Waals surface area contributed by atoms with Gasteiger partial charge in [0, 0.05) is 43.1 Å². The molecule has 0 radical (unpaired) electrons. The summed E-state index contributed by atoms with van der Waals surface area (Å²) >= 11 is 0. The summed E-state index contributed by atoms with van der Waals surface area (Å²) in [7, 11) is -7.43. The molecule has 0 aliphatic carbocycles. The number of hydrogen-bond acceptors (Lipinski definition) is 7. The molecule has 0 saturated carbocycles. The highest BCUT2D eigenvalue weighted by Gasteiger charge is 2.28. The summed E-state index contributed by atoms with van der Waals surface area (Å²) in [5, 5.41) is 11.1. The molecule has 0 bridgehead atoms. The molecule has 1 N–H and O–H groups in total. The Morgan fingerprint density at radius 2 is 1.65 bits per heavy atom. The fraction of sp³-hybridized carbons (Fsp3) is 0.316. The maximum absolute atomic E-state index is 12.8. The summed E-state index contributed by atoms with van der Waals surface area (Å²) in [6, 6.07) is 10.6. The molecule has 0 atom stereocenters. The SMILES string of the molecule is CS(=O)(=O)c1cc(C(=O)N2CCC(NS(=O)(=O)c3ccccc3)CC2)cc([N+](=O)[O-])c1. The fourth-order valence-electron chi connectivity index (χ4n) is 3.30. The average molecular weight is 468 g/mol. The van der Waals surface area contributed by atoms with Gasteiger partial charge in [-0.25, -0.2) is 21.6 Å². The average Bonchev–Trinajstić information content (AvgIpc) is 2.73. The Labute approximate surface area is 180 Å². The Bertz CT molecular complexity index is 1200. The van der Waals surface area contributed by atoms with E-state index in [9.17, 15) is 31.7 Å². The first-order valence-corrected chi connectivity index (χ1v) is 12.7. The number of nitro benzene ring substituents is 1. The van der Waals surface area contributed by atoms with Crippen LogP contribution < -0.4 is 4.72 Å². The van der Waals surface area contributed by atoms with Crippen LogP contribution in [0.5, 0.6) is 0 Å². The molecule has 0 aromatic heterocycles. The van der Waals surface area contributed by atoms with Gasteiger partial charge in [-0.2, -0.15) is 0 Å². The van der Waals surface area contributed by atoms with Crippen LogP contribution in [0.2, 0.25) is 0 Å². The zero-order valence-electron chi connectivity index (χ0n) is 16.6. The van der Waals surface area contributed by atoms with Crippen LogP contribution in [0.25, 0.3) is 0 Å². The summed E-state index contributed by atoms with van der Waals surface area (Å²) < 4.78 is 51.2. The normalized spacial score (nSPS) is 15.6. The summed E-state index contributed by atoms with van der Waals surface area (Å²) in [5.41, 5.74) is -0.588. The number of likely N-dealkylation sites (tertiary alicyclic amines) is 1. The van der Waals surface area contributed by atoms with Gasteiger partial charge in [0.2, 0.25) is 10.0 Å². The third-order valence-corrected chi connectivity index (χ3v) is 7.56. The van der Waals surface area contributed by atoms with Crippen molar-refractivity contribution in [3.63, 3.8) is 0 Å². The van der Waals surface area contributed by atoms with Crippen LogP contribution in [0.1, 0.15) is 23.2 Å². The summed E-state index contributed by atoms with van der Waals surface area (Å²) in [5.74, 6) is -0.544. The maximum atomic E-state index is 12.8. The number of sulfonamides is 1. The van der Waals surface area contributed by atoms with Gasteiger partial charge in [0.1, 0.15) is 0 Å². The Hall–Kier alpha value is -2.83. The number of carbonyl (C=O) groups excluding carboxylic acids is 1. The van der Waals surface area contributed by atoms with Crippen molar-refractivity contribution >= 4 is 31.5 Å². The molecule has 1 fully saturated rings. The van der Waals surface area contributed by atoms with Gasteiger partial charge in [-0.3, -0.25) is 14.9 Å². The minimum atomic E-state index is -3.75. The largest absolute Gasteiger partial charge is 0.339 e. The molecule has 0 unspecified atom stereocenters. The third-order valence-electron chi connectivity index (χ3n) is 4.93. The topological polar surface area (TPSA) is 144 Å². The number of amides is 1. The lowest BCUT2D eigenvalue weighted by molar-refractivity contribution is -0.385. The van der Waals surface area contributed by atoms with Crippen LogP contribution in [-0.2, 0) is 19.9 Å². The van der Waals surface area contributed by atoms with E-state index < -0.39 is 36.4 Å². The summed E-state index contributed by atoms with van der Waals surface area (Å²) in [6.07, 6.45) is 1.61. The number of carbonyl (C=O) groups is 1. The lowest BCUT2D eigenvalue weighted by Crippen LogP contribution is -2.46. The molecular formula is C19H21N3O7S2. The highest BCUT2D eigenvalue weighted by molar-refractivity contribution is 7.90. The van der Waals surface area contributed by atoms with Crippen molar-refractivity contribution in [2.75, 3.05) is 19.3 Å². The van der Waals surface area contributed by atoms with E-state index in [0.717, 1.165) is 24.5 Å². The standard InChI is InChI=1S/C19H21N3O7S2/c1-30(26,27)18-12-14(11-16(13-18)22(24)25)19(23)21-9-7-15(8-10-21)20-31(28,29)17-5-3-2-4-6-17/h2-6,11-13,15,20H,7-10H2,1H3. The van der Waals surface area contributed by atoms with Crippen molar-refractivity contribution in [2.24, 2.45) is 0 Å². The monoisotopic (exact) mass is 467 g/mol. The van der Waals surface area contributed by atoms with Crippen molar-refractivity contribution in [3.8, 4) is 0 Å². The number of rotatable bonds is 6. The molecule has 2 aromatic carbocycles. The highest BCUT2D eigenvalue weighted by atomic mass is 32.2. The number of benzene rings is 2. The zero-order chi connectivity index (χ0) is 22.8. The molecule has 1 aliphatic rings. The van der Waals surface area contributed by atoms with Crippen LogP contribution in [0.4, 0.5) is 5.69 Å². The Balaban J connectivity index is 1.72. The van der Waals surface area contributed by atoms with Gasteiger partial charge in [-0.1, -0.05) is 18.2 Å². The number of hydrogen-bond donors (Lipinski definition) is 1. The minimum Gasteiger partial charge on any atom is -0.339 e. The third kappa shape index (κ3) is 5.46. The molecule has 1 heterocycles. The molecule has 10 nitrogen and oxygen atoms in total. The molecule has 166 valence electrons. The summed E-state index contributed by atoms with van der Waals surface area (Å²) in [4.78, 5) is 24.5. The first-order chi connectivity index (χ1) is 14.5. The van der Waals surface area contributed by atoms with Crippen molar-refractivity contribution in [1.82, 2.24) is 9.62 Å². The van der Waals surface area contributed by atoms with E-state index in [1.807, 2.05) is 0 Å². The van der Waals surface area contributed by atoms with E-state index in [0.29, 0.717) is 12.8 Å². The van der Waals surface area contributed by atoms with Gasteiger partial charge in [0.15, 0.2) is 9.84 Å². The molecule has 1 saturated heterocycles. The van der Waals surface area contributed by atoms with Crippen molar-refractivity contribution < 1.29 is 26.6 Å². The van der Waals surface area contributed by atoms with Gasteiger partial charge < -0.3 is 4.90 Å². The van der Waals surface area contributed by atoms with Crippen molar-refractivity contribution in [1.29, 1.82) is 0 Å². The smallest absolute Gasteiger partial charge is 0.271 e. The molecule has 2 aromatic rings. The lowest BCUT2D eigenvalue weighted by atomic mass is 10.0. The van der Waals surface area contributed by atoms with Crippen molar-refractivity contribution in [2.45, 2.75) is 28.7 Å². The summed E-state index contributed by atoms with van der Waals surface area (Å²) in [6.45, 7) is 0.440. The maximum Gasteiger partial charge on any atom is 0.271 e. The van der Waals surface area contributed by atoms with Crippen LogP contribution in [0, 0.1) is 10.1 Å². The number of nitro groups is 1. The van der Waals surface area contributed by atoms with Gasteiger partial charge in [-0.05, 0) is 31.0 Å². The number of nitrogens with zero attached hydrogens (tertiary/aromatic N) is 2. The van der Waals surface area contributed by atoms with Crippen molar-refractivity contribution in [3.05, 3.63) is 64.2 Å². The Kier molecular flexibility index (Phi) is 6.43. The van der Waals surface area contributed by atoms with E-state index in [4.69, 9.17) is 0 Å². The predicted octanol–water partition coefficient (Wildman–Crippen LogP) is 1.58. The fourth-order valence-corrected chi connectivity index (χ4v) is 5.30. The van der Waals surface area contributed by atoms with Crippen LogP contribution in [-0.4, -0.2) is 58.0 Å². The first-order valence-electron chi connectivity index (χ1n) is 9.33. The van der Waals surface area contributed by atoms with E-state index in [-0.39, 0.29) is 34.5 Å². The minimum absolute atomic E-state index is 0.0991. The number of non-ortho nitro benzene ring substituents is 1. The number of nitrogens with one attached hydrogen (secondary N) is 1. The quantitative estimate of drug-likeness (QED) is 0.502. The Morgan fingerprint density at radius 3 is 2.19 bits per heavy atom. The van der Waals surface area contributed by atoms with E-state index in [1.165, 1.54) is 17.0 Å². The number of sulfone groups is 1. The zero-order valence-corrected chi connectivity index (χ0v) is 18.2. The second-order valence-electron chi connectivity index (χ2n) is 7.25. The second kappa shape index (κ2) is 8.73. The van der Waals surface area contributed by atoms with Gasteiger partial charge >= 0.3 is 0 Å². The molecular weight excluding hydrogens is 446 g/mol. The first kappa shape index (κ1) is 22.8. The van der Waals surface area contributed by atoms with Crippen LogP contribution in [0.3, 0.4) is 0 Å². The van der Waals surface area contributed by atoms with Crippen LogP contribution in [0.15, 0.2) is 58.3 Å². The lowest BCUT2D eigenvalue weighted by Gasteiger charge is -2.32. The van der Waals surface area contributed by atoms with Gasteiger partial charge in [-0.15, -0.1) is 0 Å². The molecule has 1 amide bonds. The van der Waals surface area contributed by atoms with E-state index in [1.54, 1.807) is 18.2 Å². The molecule has 1 aliphatic heterocycles. The van der Waals surface area contributed by atoms with Gasteiger partial charge in [0.25, 0.3) is 11.6 Å². The van der Waals surface area contributed by atoms with E-state index >= 15 is 0 Å². The Morgan fingerprint density at radius 1 is 1.03 bits per heavy atom. The highest BCUT2D eigenvalue weighted by Crippen LogP contribution is 2.23. The molecule has 0 spiro atoms. The van der Waals surface area contributed by atoms with E-state index in [2.05, 4.69) is 4.72 Å². The molecule has 3 rings (SSSR count). The molecule has 31 heavy (non-hydrogen) atoms. The predicted molar refractivity (Wildman–Crippen MR) is 112 cm³/mol. The molecule has 12 heteroatoms.